The normalized spacial score (nSPS) is 12.3. The van der Waals surface area contributed by atoms with Crippen molar-refractivity contribution in [3.8, 4) is 5.75 Å². The Balaban J connectivity index is 3.21. The van der Waals surface area contributed by atoms with Gasteiger partial charge in [0.1, 0.15) is 5.75 Å². The topological polar surface area (TPSA) is 35.5 Å². The summed E-state index contributed by atoms with van der Waals surface area (Å²) in [7, 11) is -0.617. The number of rotatable bonds is 6. The van der Waals surface area contributed by atoms with Crippen LogP contribution in [0, 0.1) is 0 Å². The van der Waals surface area contributed by atoms with E-state index in [0.717, 1.165) is 0 Å². The van der Waals surface area contributed by atoms with Crippen molar-refractivity contribution < 1.29 is 14.0 Å². The van der Waals surface area contributed by atoms with Crippen LogP contribution >= 0.6 is 11.3 Å². The average molecular weight is 315 g/mol. The first-order chi connectivity index (χ1) is 9.27. The predicted octanol–water partition coefficient (Wildman–Crippen LogP) is 5.09. The zero-order chi connectivity index (χ0) is 15.5. The highest BCUT2D eigenvalue weighted by Gasteiger charge is 2.47. The summed E-state index contributed by atoms with van der Waals surface area (Å²) in [4.78, 5) is 12.4. The molecular weight excluding hydrogens is 288 g/mol. The summed E-state index contributed by atoms with van der Waals surface area (Å²) in [6.07, 6.45) is 0. The smallest absolute Gasteiger partial charge is 0.351 e. The fourth-order valence-electron chi connectivity index (χ4n) is 3.16. The summed E-state index contributed by atoms with van der Waals surface area (Å²) in [5, 5.41) is 1.89. The fourth-order valence-corrected chi connectivity index (χ4v) is 9.23. The molecule has 0 N–H and O–H groups in total. The Labute approximate surface area is 127 Å². The number of ether oxygens (including phenoxy) is 1. The van der Waals surface area contributed by atoms with Crippen LogP contribution < -0.4 is 4.43 Å². The van der Waals surface area contributed by atoms with Crippen molar-refractivity contribution in [3.05, 3.63) is 16.3 Å². The first-order valence-corrected chi connectivity index (χ1v) is 10.1. The van der Waals surface area contributed by atoms with Crippen LogP contribution in [0.15, 0.2) is 11.4 Å². The fraction of sp³-hybridized carbons (Fsp3) is 0.667. The number of carbonyl (C=O) groups is 1. The molecule has 0 unspecified atom stereocenters. The molecule has 1 aromatic rings. The summed E-state index contributed by atoms with van der Waals surface area (Å²) in [6, 6.07) is 1.89. The molecule has 5 heteroatoms. The number of esters is 1. The molecule has 0 aliphatic carbocycles. The lowest BCUT2D eigenvalue weighted by molar-refractivity contribution is 0.0604. The van der Waals surface area contributed by atoms with Crippen LogP contribution in [0.5, 0.6) is 5.75 Å². The standard InChI is InChI=1S/C15H26O3SSi/c1-10(2)20(11(3)4,12(5)6)18-13-8-9-19-14(13)15(16)17-7/h8-12H,1-7H3. The molecule has 0 aliphatic rings. The van der Waals surface area contributed by atoms with E-state index in [-0.39, 0.29) is 5.97 Å². The molecule has 0 fully saturated rings. The molecule has 114 valence electrons. The van der Waals surface area contributed by atoms with Gasteiger partial charge in [0.2, 0.25) is 0 Å². The average Bonchev–Trinajstić information content (AvgIpc) is 2.81. The van der Waals surface area contributed by atoms with Crippen molar-refractivity contribution in [2.45, 2.75) is 58.2 Å². The molecular formula is C15H26O3SSi. The van der Waals surface area contributed by atoms with Crippen molar-refractivity contribution in [2.24, 2.45) is 0 Å². The lowest BCUT2D eigenvalue weighted by Crippen LogP contribution is -2.50. The van der Waals surface area contributed by atoms with Crippen LogP contribution in [-0.4, -0.2) is 21.4 Å². The third kappa shape index (κ3) is 3.09. The minimum absolute atomic E-state index is 0.311. The van der Waals surface area contributed by atoms with Crippen LogP contribution in [-0.2, 0) is 4.74 Å². The number of methoxy groups -OCH3 is 1. The Hall–Kier alpha value is -0.813. The first-order valence-electron chi connectivity index (χ1n) is 7.12. The van der Waals surface area contributed by atoms with Crippen LogP contribution in [0.2, 0.25) is 16.6 Å². The Kier molecular flexibility index (Phi) is 5.83. The van der Waals surface area contributed by atoms with Gasteiger partial charge in [0.25, 0.3) is 8.32 Å². The third-order valence-corrected chi connectivity index (χ3v) is 10.9. The molecule has 0 aromatic carbocycles. The molecule has 0 radical (unpaired) electrons. The molecule has 1 rings (SSSR count). The minimum atomic E-state index is -2.02. The van der Waals surface area contributed by atoms with Crippen molar-refractivity contribution in [2.75, 3.05) is 7.11 Å². The third-order valence-electron chi connectivity index (χ3n) is 3.99. The SMILES string of the molecule is COC(=O)c1sccc1O[Si](C(C)C)(C(C)C)C(C)C. The summed E-state index contributed by atoms with van der Waals surface area (Å²) >= 11 is 1.38. The molecule has 1 aromatic heterocycles. The van der Waals surface area contributed by atoms with E-state index in [1.54, 1.807) is 0 Å². The molecule has 0 saturated carbocycles. The lowest BCUT2D eigenvalue weighted by atomic mass is 10.4. The highest BCUT2D eigenvalue weighted by Crippen LogP contribution is 2.44. The van der Waals surface area contributed by atoms with E-state index in [4.69, 9.17) is 9.16 Å². The maximum atomic E-state index is 11.8. The predicted molar refractivity (Wildman–Crippen MR) is 87.3 cm³/mol. The summed E-state index contributed by atoms with van der Waals surface area (Å²) in [5.41, 5.74) is 1.44. The Morgan fingerprint density at radius 3 is 2.00 bits per heavy atom. The summed E-state index contributed by atoms with van der Waals surface area (Å²) in [6.45, 7) is 13.4. The zero-order valence-corrected chi connectivity index (χ0v) is 15.3. The van der Waals surface area contributed by atoms with E-state index in [2.05, 4.69) is 41.5 Å². The second kappa shape index (κ2) is 6.76. The Morgan fingerprint density at radius 1 is 1.10 bits per heavy atom. The van der Waals surface area contributed by atoms with Gasteiger partial charge in [0.05, 0.1) is 7.11 Å². The molecule has 0 bridgehead atoms. The largest absolute Gasteiger partial charge is 0.542 e. The molecule has 3 nitrogen and oxygen atoms in total. The van der Waals surface area contributed by atoms with Crippen molar-refractivity contribution in [1.29, 1.82) is 0 Å². The van der Waals surface area contributed by atoms with Crippen LogP contribution in [0.25, 0.3) is 0 Å². The molecule has 0 amide bonds. The molecule has 0 spiro atoms. The molecule has 0 aliphatic heterocycles. The van der Waals surface area contributed by atoms with Gasteiger partial charge in [-0.15, -0.1) is 11.3 Å². The van der Waals surface area contributed by atoms with Gasteiger partial charge in [-0.1, -0.05) is 41.5 Å². The minimum Gasteiger partial charge on any atom is -0.542 e. The monoisotopic (exact) mass is 314 g/mol. The quantitative estimate of drug-likeness (QED) is 0.542. The van der Waals surface area contributed by atoms with E-state index < -0.39 is 8.32 Å². The van der Waals surface area contributed by atoms with Crippen LogP contribution in [0.4, 0.5) is 0 Å². The van der Waals surface area contributed by atoms with Gasteiger partial charge in [-0.25, -0.2) is 4.79 Å². The zero-order valence-electron chi connectivity index (χ0n) is 13.5. The molecule has 1 heterocycles. The number of thiophene rings is 1. The van der Waals surface area contributed by atoms with Gasteiger partial charge < -0.3 is 9.16 Å². The lowest BCUT2D eigenvalue weighted by Gasteiger charge is -2.42. The highest BCUT2D eigenvalue weighted by molar-refractivity contribution is 7.12. The number of hydrogen-bond donors (Lipinski definition) is 0. The maximum Gasteiger partial charge on any atom is 0.351 e. The van der Waals surface area contributed by atoms with E-state index in [1.807, 2.05) is 11.4 Å². The van der Waals surface area contributed by atoms with Crippen LogP contribution in [0.3, 0.4) is 0 Å². The summed E-state index contributed by atoms with van der Waals surface area (Å²) < 4.78 is 11.4. The number of hydrogen-bond acceptors (Lipinski definition) is 4. The second-order valence-electron chi connectivity index (χ2n) is 6.03. The van der Waals surface area contributed by atoms with Gasteiger partial charge in [0, 0.05) is 0 Å². The van der Waals surface area contributed by atoms with Gasteiger partial charge in [-0.3, -0.25) is 0 Å². The van der Waals surface area contributed by atoms with E-state index >= 15 is 0 Å². The molecule has 20 heavy (non-hydrogen) atoms. The van der Waals surface area contributed by atoms with Crippen molar-refractivity contribution in [1.82, 2.24) is 0 Å². The van der Waals surface area contributed by atoms with Gasteiger partial charge in [-0.05, 0) is 28.1 Å². The van der Waals surface area contributed by atoms with Gasteiger partial charge in [-0.2, -0.15) is 0 Å². The first kappa shape index (κ1) is 17.2. The summed E-state index contributed by atoms with van der Waals surface area (Å²) in [5.74, 6) is 0.388. The molecule has 0 saturated heterocycles. The van der Waals surface area contributed by atoms with E-state index in [1.165, 1.54) is 18.4 Å². The van der Waals surface area contributed by atoms with Crippen molar-refractivity contribution in [3.63, 3.8) is 0 Å². The van der Waals surface area contributed by atoms with E-state index in [0.29, 0.717) is 27.3 Å². The van der Waals surface area contributed by atoms with Gasteiger partial charge in [0.15, 0.2) is 4.88 Å². The Morgan fingerprint density at radius 2 is 1.60 bits per heavy atom. The molecule has 0 atom stereocenters. The maximum absolute atomic E-state index is 11.8. The van der Waals surface area contributed by atoms with E-state index in [9.17, 15) is 4.79 Å². The van der Waals surface area contributed by atoms with Crippen LogP contribution in [0.1, 0.15) is 51.2 Å². The number of carbonyl (C=O) groups excluding carboxylic acids is 1. The second-order valence-corrected chi connectivity index (χ2v) is 12.3. The highest BCUT2D eigenvalue weighted by atomic mass is 32.1. The Bertz CT molecular complexity index is 430. The van der Waals surface area contributed by atoms with Gasteiger partial charge >= 0.3 is 5.97 Å². The van der Waals surface area contributed by atoms with Crippen molar-refractivity contribution >= 4 is 25.6 Å².